The number of aromatic nitrogens is 2. The Morgan fingerprint density at radius 2 is 1.27 bits per heavy atom. The number of rotatable bonds is 8. The molecule has 6 rings (SSSR count). The third kappa shape index (κ3) is 10.2. The second kappa shape index (κ2) is 15.3. The summed E-state index contributed by atoms with van der Waals surface area (Å²) in [6, 6.07) is 19.9. The molecule has 4 aromatic rings. The molecule has 0 aliphatic carbocycles. The number of esters is 2. The first-order valence-electron chi connectivity index (χ1n) is 12.6. The second-order valence-electron chi connectivity index (χ2n) is 8.55. The number of pyridine rings is 2. The Labute approximate surface area is 241 Å². The fourth-order valence-electron chi connectivity index (χ4n) is 2.99. The van der Waals surface area contributed by atoms with E-state index in [1.54, 1.807) is 67.0 Å². The van der Waals surface area contributed by atoms with E-state index in [1.807, 2.05) is 6.07 Å². The van der Waals surface area contributed by atoms with Crippen molar-refractivity contribution in [3.63, 3.8) is 0 Å². The van der Waals surface area contributed by atoms with Crippen LogP contribution in [0.2, 0.25) is 0 Å². The molecule has 0 spiro atoms. The van der Waals surface area contributed by atoms with Gasteiger partial charge in [-0.15, -0.1) is 11.6 Å². The maximum atomic E-state index is 12.0. The van der Waals surface area contributed by atoms with Crippen molar-refractivity contribution in [3.8, 4) is 23.0 Å². The molecule has 1 N–H and O–H groups in total. The lowest BCUT2D eigenvalue weighted by atomic mass is 10.3. The van der Waals surface area contributed by atoms with Gasteiger partial charge in [0.15, 0.2) is 23.0 Å². The lowest BCUT2D eigenvalue weighted by molar-refractivity contribution is 0.0719. The number of benzene rings is 2. The number of ether oxygens (including phenoxy) is 5. The number of carbonyl (C=O) groups excluding carboxylic acids is 2. The van der Waals surface area contributed by atoms with Crippen molar-refractivity contribution in [1.29, 1.82) is 0 Å². The van der Waals surface area contributed by atoms with Gasteiger partial charge in [0.05, 0.1) is 36.3 Å². The van der Waals surface area contributed by atoms with Gasteiger partial charge in [0.25, 0.3) is 0 Å². The van der Waals surface area contributed by atoms with Gasteiger partial charge in [-0.3, -0.25) is 9.97 Å². The number of epoxide rings is 2. The minimum atomic E-state index is -0.547. The van der Waals surface area contributed by atoms with Gasteiger partial charge >= 0.3 is 11.9 Å². The van der Waals surface area contributed by atoms with Crippen LogP contribution in [0.3, 0.4) is 0 Å². The van der Waals surface area contributed by atoms with Crippen molar-refractivity contribution in [2.75, 3.05) is 25.7 Å². The normalized spacial score (nSPS) is 16.0. The van der Waals surface area contributed by atoms with Crippen LogP contribution in [0, 0.1) is 0 Å². The van der Waals surface area contributed by atoms with Gasteiger partial charge in [0.1, 0.15) is 12.7 Å². The Morgan fingerprint density at radius 3 is 1.73 bits per heavy atom. The molecule has 0 amide bonds. The Kier molecular flexibility index (Phi) is 11.0. The number of hydrogen-bond donors (Lipinski definition) is 1. The van der Waals surface area contributed by atoms with E-state index in [0.717, 1.165) is 13.2 Å². The number of aromatic hydroxyl groups is 1. The summed E-state index contributed by atoms with van der Waals surface area (Å²) in [6.07, 6.45) is 6.58. The highest BCUT2D eigenvalue weighted by molar-refractivity contribution is 6.18. The average molecular weight is 579 g/mol. The summed E-state index contributed by atoms with van der Waals surface area (Å²) >= 11 is 5.27. The van der Waals surface area contributed by atoms with Gasteiger partial charge in [-0.05, 0) is 48.5 Å². The number of halogens is 1. The zero-order valence-corrected chi connectivity index (χ0v) is 22.6. The zero-order chi connectivity index (χ0) is 28.9. The number of hydrogen-bond acceptors (Lipinski definition) is 10. The summed E-state index contributed by atoms with van der Waals surface area (Å²) in [6.45, 7) is 2.06. The van der Waals surface area contributed by atoms with E-state index in [2.05, 4.69) is 9.97 Å². The van der Waals surface area contributed by atoms with Crippen LogP contribution < -0.4 is 14.2 Å². The first-order valence-corrected chi connectivity index (χ1v) is 13.1. The van der Waals surface area contributed by atoms with Crippen molar-refractivity contribution in [2.45, 2.75) is 12.2 Å². The van der Waals surface area contributed by atoms with Crippen LogP contribution in [0.15, 0.2) is 97.6 Å². The van der Waals surface area contributed by atoms with Crippen LogP contribution in [0.1, 0.15) is 20.7 Å². The Bertz CT molecular complexity index is 1400. The molecule has 2 fully saturated rings. The summed E-state index contributed by atoms with van der Waals surface area (Å²) < 4.78 is 25.7. The van der Waals surface area contributed by atoms with Gasteiger partial charge in [-0.2, -0.15) is 0 Å². The SMILES string of the molecule is ClCC1CO1.O=C(Oc1ccccc1O)c1cccnc1.O=C(Oc1ccccc1OCC1CO1)c1cccnc1. The van der Waals surface area contributed by atoms with Crippen LogP contribution in [-0.4, -0.2) is 64.9 Å². The summed E-state index contributed by atoms with van der Waals surface area (Å²) in [4.78, 5) is 31.3. The van der Waals surface area contributed by atoms with Gasteiger partial charge < -0.3 is 28.8 Å². The molecule has 2 atom stereocenters. The predicted molar refractivity (Wildman–Crippen MR) is 149 cm³/mol. The lowest BCUT2D eigenvalue weighted by Crippen LogP contribution is -2.11. The number of alkyl halides is 1. The summed E-state index contributed by atoms with van der Waals surface area (Å²) in [5.41, 5.74) is 0.735. The quantitative estimate of drug-likeness (QED) is 0.136. The fourth-order valence-corrected chi connectivity index (χ4v) is 3.16. The summed E-state index contributed by atoms with van der Waals surface area (Å²) in [7, 11) is 0. The average Bonchev–Trinajstić information content (AvgIpc) is 3.95. The van der Waals surface area contributed by atoms with Crippen LogP contribution in [0.5, 0.6) is 23.0 Å². The molecule has 2 aromatic carbocycles. The van der Waals surface area contributed by atoms with Crippen molar-refractivity contribution < 1.29 is 38.4 Å². The van der Waals surface area contributed by atoms with E-state index in [4.69, 9.17) is 35.3 Å². The van der Waals surface area contributed by atoms with Crippen LogP contribution in [0.25, 0.3) is 0 Å². The molecule has 0 bridgehead atoms. The smallest absolute Gasteiger partial charge is 0.345 e. The third-order valence-corrected chi connectivity index (χ3v) is 5.66. The fraction of sp³-hybridized carbons (Fsp3) is 0.200. The Hall–Kier alpha value is -4.51. The molecule has 212 valence electrons. The lowest BCUT2D eigenvalue weighted by Gasteiger charge is -2.10. The molecule has 11 heteroatoms. The first-order chi connectivity index (χ1) is 20.0. The van der Waals surface area contributed by atoms with Gasteiger partial charge in [0.2, 0.25) is 0 Å². The van der Waals surface area contributed by atoms with E-state index in [1.165, 1.54) is 24.5 Å². The van der Waals surface area contributed by atoms with Crippen LogP contribution >= 0.6 is 11.6 Å². The molecule has 4 heterocycles. The minimum Gasteiger partial charge on any atom is -0.504 e. The maximum absolute atomic E-state index is 12.0. The van der Waals surface area contributed by atoms with Crippen molar-refractivity contribution in [1.82, 2.24) is 9.97 Å². The van der Waals surface area contributed by atoms with E-state index >= 15 is 0 Å². The molecule has 2 aliphatic heterocycles. The minimum absolute atomic E-state index is 0.0697. The summed E-state index contributed by atoms with van der Waals surface area (Å²) in [5, 5.41) is 9.41. The second-order valence-corrected chi connectivity index (χ2v) is 8.86. The molecule has 2 saturated heterocycles. The number of phenols is 1. The molecule has 10 nitrogen and oxygen atoms in total. The van der Waals surface area contributed by atoms with Gasteiger partial charge in [-0.1, -0.05) is 24.3 Å². The van der Waals surface area contributed by atoms with Crippen LogP contribution in [-0.2, 0) is 9.47 Å². The Morgan fingerprint density at radius 1 is 0.756 bits per heavy atom. The molecule has 2 aliphatic rings. The number of para-hydroxylation sites is 4. The number of phenolic OH excluding ortho intramolecular Hbond substituents is 1. The molecular weight excluding hydrogens is 552 g/mol. The van der Waals surface area contributed by atoms with Gasteiger partial charge in [-0.25, -0.2) is 9.59 Å². The van der Waals surface area contributed by atoms with E-state index in [-0.39, 0.29) is 17.6 Å². The monoisotopic (exact) mass is 578 g/mol. The van der Waals surface area contributed by atoms with Crippen molar-refractivity contribution in [3.05, 3.63) is 109 Å². The Balaban J connectivity index is 0.000000164. The molecule has 2 unspecified atom stereocenters. The van der Waals surface area contributed by atoms with E-state index in [9.17, 15) is 14.7 Å². The summed E-state index contributed by atoms with van der Waals surface area (Å²) in [5.74, 6) is 0.643. The highest BCUT2D eigenvalue weighted by Gasteiger charge is 2.24. The number of nitrogens with zero attached hydrogens (tertiary/aromatic N) is 2. The van der Waals surface area contributed by atoms with Crippen molar-refractivity contribution in [2.24, 2.45) is 0 Å². The standard InChI is InChI=1S/C15H13NO4.C12H9NO3.C3H5ClO/c17-15(11-4-3-7-16-8-11)20-14-6-2-1-5-13(14)19-10-12-9-18-12;14-10-5-1-2-6-11(10)16-12(15)9-4-3-7-13-8-9;4-1-3-2-5-3/h1-8,12H,9-10H2;1-8,14H;3H,1-2H2. The molecule has 0 radical (unpaired) electrons. The predicted octanol–water partition coefficient (Wildman–Crippen LogP) is 4.71. The van der Waals surface area contributed by atoms with Gasteiger partial charge in [0, 0.05) is 24.8 Å². The third-order valence-electron chi connectivity index (χ3n) is 5.32. The first kappa shape index (κ1) is 29.5. The highest BCUT2D eigenvalue weighted by atomic mass is 35.5. The highest BCUT2D eigenvalue weighted by Crippen LogP contribution is 2.28. The van der Waals surface area contributed by atoms with E-state index < -0.39 is 11.9 Å². The molecular formula is C30H27ClN2O8. The molecule has 41 heavy (non-hydrogen) atoms. The van der Waals surface area contributed by atoms with E-state index in [0.29, 0.717) is 41.2 Å². The van der Waals surface area contributed by atoms with Crippen molar-refractivity contribution >= 4 is 23.5 Å². The molecule has 2 aromatic heterocycles. The molecule has 0 saturated carbocycles. The largest absolute Gasteiger partial charge is 0.504 e. The maximum Gasteiger partial charge on any atom is 0.345 e. The topological polar surface area (TPSA) is 133 Å². The zero-order valence-electron chi connectivity index (χ0n) is 21.8. The number of carbonyl (C=O) groups is 2. The van der Waals surface area contributed by atoms with Crippen LogP contribution in [0.4, 0.5) is 0 Å².